The van der Waals surface area contributed by atoms with Crippen molar-refractivity contribution in [3.63, 3.8) is 0 Å². The normalized spacial score (nSPS) is 11.7. The smallest absolute Gasteiger partial charge is 0.423 e. The fraction of sp³-hybridized carbons (Fsp3) is 0.417. The van der Waals surface area contributed by atoms with Crippen LogP contribution in [0.1, 0.15) is 67.6 Å². The minimum Gasteiger partial charge on any atom is -0.506 e. The number of alkyl carbamates (subject to hydrolysis) is 1. The van der Waals surface area contributed by atoms with Gasteiger partial charge in [0.15, 0.2) is 5.78 Å². The molecule has 33 heavy (non-hydrogen) atoms. The van der Waals surface area contributed by atoms with Crippen molar-refractivity contribution < 1.29 is 37.3 Å². The number of aromatic hydroxyl groups is 1. The van der Waals surface area contributed by atoms with Gasteiger partial charge in [-0.05, 0) is 50.5 Å². The van der Waals surface area contributed by atoms with Crippen LogP contribution in [-0.2, 0) is 24.1 Å². The second-order valence-electron chi connectivity index (χ2n) is 8.47. The number of Topliss-reactive ketones (excluding diaryl/α,β-unsaturated/α-hetero) is 1. The highest BCUT2D eigenvalue weighted by Crippen LogP contribution is 2.44. The molecular formula is C24H28F3NO5. The molecular weight excluding hydrogens is 439 g/mol. The van der Waals surface area contributed by atoms with Gasteiger partial charge in [0.1, 0.15) is 29.3 Å². The van der Waals surface area contributed by atoms with Crippen molar-refractivity contribution in [2.45, 2.75) is 65.5 Å². The lowest BCUT2D eigenvalue weighted by Gasteiger charge is -2.19. The number of rotatable bonds is 8. The van der Waals surface area contributed by atoms with Gasteiger partial charge in [-0.2, -0.15) is 13.2 Å². The fourth-order valence-electron chi connectivity index (χ4n) is 2.96. The van der Waals surface area contributed by atoms with Crippen LogP contribution in [0.4, 0.5) is 18.0 Å². The molecule has 0 fully saturated rings. The number of phenols is 1. The van der Waals surface area contributed by atoms with Crippen molar-refractivity contribution in [1.82, 2.24) is 5.32 Å². The highest BCUT2D eigenvalue weighted by atomic mass is 19.4. The Balaban J connectivity index is 2.09. The number of nitrogens with one attached hydrogen (secondary N) is 1. The van der Waals surface area contributed by atoms with Crippen molar-refractivity contribution in [3.8, 4) is 11.5 Å². The monoisotopic (exact) mass is 467 g/mol. The molecule has 2 aromatic carbocycles. The lowest BCUT2D eigenvalue weighted by Crippen LogP contribution is -2.32. The van der Waals surface area contributed by atoms with Crippen molar-refractivity contribution in [1.29, 1.82) is 0 Å². The van der Waals surface area contributed by atoms with E-state index in [0.717, 1.165) is 17.7 Å². The van der Waals surface area contributed by atoms with Gasteiger partial charge in [-0.25, -0.2) is 4.79 Å². The predicted molar refractivity (Wildman–Crippen MR) is 116 cm³/mol. The zero-order valence-electron chi connectivity index (χ0n) is 19.0. The molecule has 0 atom stereocenters. The molecule has 0 bridgehead atoms. The Morgan fingerprint density at radius 2 is 1.61 bits per heavy atom. The SMILES string of the molecule is CCCC(=O)c1ccc(OCc2ccc(CNC(=O)OC(C)(C)C)cc2)c(C(F)(F)F)c1O. The lowest BCUT2D eigenvalue weighted by molar-refractivity contribution is -0.140. The van der Waals surface area contributed by atoms with Gasteiger partial charge in [0.05, 0.1) is 5.56 Å². The third-order valence-electron chi connectivity index (χ3n) is 4.45. The third-order valence-corrected chi connectivity index (χ3v) is 4.45. The van der Waals surface area contributed by atoms with Crippen LogP contribution in [0.15, 0.2) is 36.4 Å². The van der Waals surface area contributed by atoms with Crippen molar-refractivity contribution in [2.24, 2.45) is 0 Å². The summed E-state index contributed by atoms with van der Waals surface area (Å²) in [6.45, 7) is 7.00. The van der Waals surface area contributed by atoms with Gasteiger partial charge in [0.2, 0.25) is 0 Å². The Bertz CT molecular complexity index is 979. The van der Waals surface area contributed by atoms with Crippen LogP contribution in [-0.4, -0.2) is 22.6 Å². The number of halogens is 3. The van der Waals surface area contributed by atoms with E-state index >= 15 is 0 Å². The first-order valence-electron chi connectivity index (χ1n) is 10.5. The van der Waals surface area contributed by atoms with Crippen LogP contribution in [0.5, 0.6) is 11.5 Å². The van der Waals surface area contributed by atoms with Gasteiger partial charge in [-0.3, -0.25) is 4.79 Å². The predicted octanol–water partition coefficient (Wildman–Crippen LogP) is 6.00. The number of carbonyl (C=O) groups is 2. The van der Waals surface area contributed by atoms with Gasteiger partial charge in [-0.15, -0.1) is 0 Å². The number of ketones is 1. The van der Waals surface area contributed by atoms with E-state index in [-0.39, 0.29) is 25.1 Å². The summed E-state index contributed by atoms with van der Waals surface area (Å²) in [5.74, 6) is -2.26. The number of benzene rings is 2. The van der Waals surface area contributed by atoms with Gasteiger partial charge >= 0.3 is 12.3 Å². The van der Waals surface area contributed by atoms with Gasteiger partial charge in [0, 0.05) is 13.0 Å². The zero-order chi connectivity index (χ0) is 24.8. The molecule has 0 radical (unpaired) electrons. The maximum Gasteiger partial charge on any atom is 0.423 e. The number of amides is 1. The van der Waals surface area contributed by atoms with Crippen LogP contribution in [0.3, 0.4) is 0 Å². The summed E-state index contributed by atoms with van der Waals surface area (Å²) in [5, 5.41) is 12.8. The zero-order valence-corrected chi connectivity index (χ0v) is 19.0. The van der Waals surface area contributed by atoms with Crippen molar-refractivity contribution in [3.05, 3.63) is 58.7 Å². The second-order valence-corrected chi connectivity index (χ2v) is 8.47. The molecule has 0 saturated carbocycles. The Hall–Kier alpha value is -3.23. The highest BCUT2D eigenvalue weighted by molar-refractivity contribution is 5.99. The van der Waals surface area contributed by atoms with E-state index in [2.05, 4.69) is 5.32 Å². The fourth-order valence-corrected chi connectivity index (χ4v) is 2.96. The Morgan fingerprint density at radius 3 is 2.15 bits per heavy atom. The molecule has 0 aliphatic rings. The number of phenolic OH excluding ortho intramolecular Hbond substituents is 1. The molecule has 2 rings (SSSR count). The summed E-state index contributed by atoms with van der Waals surface area (Å²) in [5.41, 5.74) is -1.02. The molecule has 0 heterocycles. The standard InChI is InChI=1S/C24H28F3NO5/c1-5-6-18(29)17-11-12-19(20(21(17)30)24(25,26)27)32-14-16-9-7-15(8-10-16)13-28-22(31)33-23(2,3)4/h7-12,30H,5-6,13-14H2,1-4H3,(H,28,31). The molecule has 0 aliphatic carbocycles. The number of hydrogen-bond donors (Lipinski definition) is 2. The number of alkyl halides is 3. The molecule has 2 aromatic rings. The minimum absolute atomic E-state index is 0.0280. The molecule has 0 saturated heterocycles. The summed E-state index contributed by atoms with van der Waals surface area (Å²) >= 11 is 0. The van der Waals surface area contributed by atoms with Crippen LogP contribution in [0.25, 0.3) is 0 Å². The van der Waals surface area contributed by atoms with Gasteiger partial charge in [-0.1, -0.05) is 31.2 Å². The maximum atomic E-state index is 13.6. The molecule has 0 spiro atoms. The molecule has 9 heteroatoms. The van der Waals surface area contributed by atoms with Crippen LogP contribution in [0, 0.1) is 0 Å². The first-order valence-corrected chi connectivity index (χ1v) is 10.5. The van der Waals surface area contributed by atoms with Crippen molar-refractivity contribution in [2.75, 3.05) is 0 Å². The Kier molecular flexibility index (Phi) is 8.35. The Morgan fingerprint density at radius 1 is 1.00 bits per heavy atom. The largest absolute Gasteiger partial charge is 0.506 e. The summed E-state index contributed by atoms with van der Waals surface area (Å²) in [7, 11) is 0. The van der Waals surface area contributed by atoms with E-state index in [0.29, 0.717) is 12.0 Å². The van der Waals surface area contributed by atoms with Crippen molar-refractivity contribution >= 4 is 11.9 Å². The Labute approximate surface area is 190 Å². The quantitative estimate of drug-likeness (QED) is 0.466. The second kappa shape index (κ2) is 10.6. The average molecular weight is 467 g/mol. The number of ether oxygens (including phenoxy) is 2. The van der Waals surface area contributed by atoms with Gasteiger partial charge < -0.3 is 19.9 Å². The van der Waals surface area contributed by atoms with E-state index in [1.165, 1.54) is 0 Å². The summed E-state index contributed by atoms with van der Waals surface area (Å²) in [6.07, 6.45) is -4.99. The van der Waals surface area contributed by atoms with Crippen LogP contribution >= 0.6 is 0 Å². The molecule has 0 aliphatic heterocycles. The molecule has 2 N–H and O–H groups in total. The number of carbonyl (C=O) groups excluding carboxylic acids is 2. The van der Waals surface area contributed by atoms with E-state index in [9.17, 15) is 27.9 Å². The van der Waals surface area contributed by atoms with E-state index < -0.39 is 40.7 Å². The van der Waals surface area contributed by atoms with E-state index in [4.69, 9.17) is 9.47 Å². The molecule has 0 aromatic heterocycles. The summed E-state index contributed by atoms with van der Waals surface area (Å²) < 4.78 is 51.2. The first kappa shape index (κ1) is 26.0. The molecule has 6 nitrogen and oxygen atoms in total. The topological polar surface area (TPSA) is 84.9 Å². The summed E-state index contributed by atoms with van der Waals surface area (Å²) in [6, 6.07) is 8.89. The number of hydrogen-bond acceptors (Lipinski definition) is 5. The maximum absolute atomic E-state index is 13.6. The van der Waals surface area contributed by atoms with Crippen LogP contribution < -0.4 is 10.1 Å². The molecule has 180 valence electrons. The lowest BCUT2D eigenvalue weighted by atomic mass is 10.0. The third kappa shape index (κ3) is 7.69. The average Bonchev–Trinajstić information content (AvgIpc) is 2.69. The molecule has 0 unspecified atom stereocenters. The summed E-state index contributed by atoms with van der Waals surface area (Å²) in [4.78, 5) is 23.7. The highest BCUT2D eigenvalue weighted by Gasteiger charge is 2.39. The van der Waals surface area contributed by atoms with E-state index in [1.807, 2.05) is 0 Å². The first-order chi connectivity index (χ1) is 15.3. The molecule has 1 amide bonds. The minimum atomic E-state index is -4.90. The van der Waals surface area contributed by atoms with E-state index in [1.54, 1.807) is 52.0 Å². The van der Waals surface area contributed by atoms with Gasteiger partial charge in [0.25, 0.3) is 0 Å². The van der Waals surface area contributed by atoms with Crippen LogP contribution in [0.2, 0.25) is 0 Å².